The molecular formula is C18H32N2O2. The van der Waals surface area contributed by atoms with E-state index in [0.29, 0.717) is 24.9 Å². The first-order valence-corrected chi connectivity index (χ1v) is 8.88. The molecule has 1 saturated heterocycles. The fourth-order valence-electron chi connectivity index (χ4n) is 3.91. The predicted molar refractivity (Wildman–Crippen MR) is 88.3 cm³/mol. The molecule has 2 fully saturated rings. The van der Waals surface area contributed by atoms with Crippen LogP contribution in [0.4, 0.5) is 0 Å². The highest BCUT2D eigenvalue weighted by Gasteiger charge is 2.39. The lowest BCUT2D eigenvalue weighted by molar-refractivity contribution is -0.139. The lowest BCUT2D eigenvalue weighted by Gasteiger charge is -2.47. The minimum atomic E-state index is -0.391. The lowest BCUT2D eigenvalue weighted by atomic mass is 9.72. The number of carbonyl (C=O) groups excluding carboxylic acids is 2. The largest absolute Gasteiger partial charge is 0.355 e. The van der Waals surface area contributed by atoms with Crippen molar-refractivity contribution in [2.24, 2.45) is 17.3 Å². The molecule has 22 heavy (non-hydrogen) atoms. The standard InChI is InChI=1S/C18H32N2O2/c1-13-10-12-20(15-8-6-5-7-14(13)15)16(21)9-11-19-17(22)18(2,3)4/h13-15H,5-12H2,1-4H3,(H,19,22)/t13-,14-,15+/m1/s1. The second-order valence-corrected chi connectivity index (χ2v) is 8.12. The van der Waals surface area contributed by atoms with Gasteiger partial charge < -0.3 is 10.2 Å². The topological polar surface area (TPSA) is 49.4 Å². The number of hydrogen-bond donors (Lipinski definition) is 1. The van der Waals surface area contributed by atoms with Gasteiger partial charge in [0.25, 0.3) is 0 Å². The summed E-state index contributed by atoms with van der Waals surface area (Å²) in [6, 6.07) is 0.448. The highest BCUT2D eigenvalue weighted by molar-refractivity contribution is 5.82. The smallest absolute Gasteiger partial charge is 0.225 e. The van der Waals surface area contributed by atoms with Crippen molar-refractivity contribution in [1.82, 2.24) is 10.2 Å². The van der Waals surface area contributed by atoms with Gasteiger partial charge in [-0.2, -0.15) is 0 Å². The molecule has 0 unspecified atom stereocenters. The van der Waals surface area contributed by atoms with Crippen molar-refractivity contribution >= 4 is 11.8 Å². The van der Waals surface area contributed by atoms with Crippen molar-refractivity contribution in [2.45, 2.75) is 72.3 Å². The molecule has 2 amide bonds. The van der Waals surface area contributed by atoms with Crippen molar-refractivity contribution in [2.75, 3.05) is 13.1 Å². The Bertz CT molecular complexity index is 414. The van der Waals surface area contributed by atoms with E-state index >= 15 is 0 Å². The Morgan fingerprint density at radius 1 is 1.14 bits per heavy atom. The SMILES string of the molecule is C[C@@H]1CCN(C(=O)CCNC(=O)C(C)(C)C)[C@H]2CCCC[C@H]12. The van der Waals surface area contributed by atoms with Gasteiger partial charge in [-0.15, -0.1) is 0 Å². The number of amides is 2. The van der Waals surface area contributed by atoms with Crippen LogP contribution in [0.25, 0.3) is 0 Å². The minimum Gasteiger partial charge on any atom is -0.355 e. The van der Waals surface area contributed by atoms with Gasteiger partial charge in [0.05, 0.1) is 0 Å². The third kappa shape index (κ3) is 4.02. The highest BCUT2D eigenvalue weighted by Crippen LogP contribution is 2.38. The fourth-order valence-corrected chi connectivity index (χ4v) is 3.91. The van der Waals surface area contributed by atoms with Gasteiger partial charge in [-0.05, 0) is 31.1 Å². The van der Waals surface area contributed by atoms with E-state index in [1.165, 1.54) is 19.3 Å². The third-order valence-electron chi connectivity index (χ3n) is 5.36. The molecule has 126 valence electrons. The predicted octanol–water partition coefficient (Wildman–Crippen LogP) is 2.97. The maximum atomic E-state index is 12.6. The van der Waals surface area contributed by atoms with Gasteiger partial charge in [0.15, 0.2) is 0 Å². The molecule has 1 heterocycles. The van der Waals surface area contributed by atoms with Crippen LogP contribution in [0.2, 0.25) is 0 Å². The summed E-state index contributed by atoms with van der Waals surface area (Å²) in [4.78, 5) is 26.5. The Hall–Kier alpha value is -1.06. The van der Waals surface area contributed by atoms with Crippen LogP contribution < -0.4 is 5.32 Å². The van der Waals surface area contributed by atoms with Crippen LogP contribution in [-0.4, -0.2) is 35.8 Å². The maximum absolute atomic E-state index is 12.6. The van der Waals surface area contributed by atoms with Crippen LogP contribution in [0, 0.1) is 17.3 Å². The number of nitrogens with one attached hydrogen (secondary N) is 1. The lowest BCUT2D eigenvalue weighted by Crippen LogP contribution is -2.52. The first-order chi connectivity index (χ1) is 10.3. The Morgan fingerprint density at radius 3 is 2.50 bits per heavy atom. The number of likely N-dealkylation sites (tertiary alicyclic amines) is 1. The summed E-state index contributed by atoms with van der Waals surface area (Å²) in [5.74, 6) is 1.67. The summed E-state index contributed by atoms with van der Waals surface area (Å²) in [7, 11) is 0. The van der Waals surface area contributed by atoms with E-state index < -0.39 is 5.41 Å². The van der Waals surface area contributed by atoms with E-state index in [4.69, 9.17) is 0 Å². The normalized spacial score (nSPS) is 28.9. The number of carbonyl (C=O) groups is 2. The maximum Gasteiger partial charge on any atom is 0.225 e. The minimum absolute atomic E-state index is 0.0168. The first-order valence-electron chi connectivity index (χ1n) is 8.88. The van der Waals surface area contributed by atoms with Crippen LogP contribution in [0.3, 0.4) is 0 Å². The van der Waals surface area contributed by atoms with E-state index in [9.17, 15) is 9.59 Å². The average Bonchev–Trinajstić information content (AvgIpc) is 2.46. The molecule has 1 N–H and O–H groups in total. The zero-order chi connectivity index (χ0) is 16.3. The van der Waals surface area contributed by atoms with Gasteiger partial charge >= 0.3 is 0 Å². The molecule has 0 bridgehead atoms. The van der Waals surface area contributed by atoms with Crippen LogP contribution in [0.1, 0.15) is 66.2 Å². The summed E-state index contributed by atoms with van der Waals surface area (Å²) < 4.78 is 0. The van der Waals surface area contributed by atoms with Gasteiger partial charge in [-0.1, -0.05) is 40.5 Å². The molecule has 4 heteroatoms. The summed E-state index contributed by atoms with van der Waals surface area (Å²) in [5.41, 5.74) is -0.391. The zero-order valence-electron chi connectivity index (χ0n) is 14.7. The molecule has 2 rings (SSSR count). The molecule has 0 spiro atoms. The molecule has 3 atom stereocenters. The molecule has 1 aliphatic heterocycles. The average molecular weight is 308 g/mol. The quantitative estimate of drug-likeness (QED) is 0.871. The monoisotopic (exact) mass is 308 g/mol. The first kappa shape index (κ1) is 17.3. The van der Waals surface area contributed by atoms with Gasteiger partial charge in [0.1, 0.15) is 0 Å². The van der Waals surface area contributed by atoms with Crippen LogP contribution >= 0.6 is 0 Å². The van der Waals surface area contributed by atoms with E-state index in [2.05, 4.69) is 17.1 Å². The van der Waals surface area contributed by atoms with Gasteiger partial charge in [-0.3, -0.25) is 9.59 Å². The molecular weight excluding hydrogens is 276 g/mol. The second-order valence-electron chi connectivity index (χ2n) is 8.12. The number of hydrogen-bond acceptors (Lipinski definition) is 2. The highest BCUT2D eigenvalue weighted by atomic mass is 16.2. The number of rotatable bonds is 3. The summed E-state index contributed by atoms with van der Waals surface area (Å²) in [6.45, 7) is 9.37. The van der Waals surface area contributed by atoms with Crippen LogP contribution in [0.15, 0.2) is 0 Å². The van der Waals surface area contributed by atoms with Gasteiger partial charge in [-0.25, -0.2) is 0 Å². The van der Waals surface area contributed by atoms with Crippen LogP contribution in [0.5, 0.6) is 0 Å². The molecule has 0 aromatic rings. The Balaban J connectivity index is 1.85. The summed E-state index contributed by atoms with van der Waals surface area (Å²) in [5, 5.41) is 2.89. The third-order valence-corrected chi connectivity index (χ3v) is 5.36. The van der Waals surface area contributed by atoms with Gasteiger partial charge in [0, 0.05) is 31.0 Å². The Kier molecular flexibility index (Phi) is 5.51. The molecule has 0 aromatic carbocycles. The second kappa shape index (κ2) is 7.01. The van der Waals surface area contributed by atoms with Crippen molar-refractivity contribution in [3.8, 4) is 0 Å². The van der Waals surface area contributed by atoms with E-state index in [1.54, 1.807) is 0 Å². The summed E-state index contributed by atoms with van der Waals surface area (Å²) >= 11 is 0. The van der Waals surface area contributed by atoms with E-state index in [-0.39, 0.29) is 11.8 Å². The number of piperidine rings is 1. The zero-order valence-corrected chi connectivity index (χ0v) is 14.7. The Morgan fingerprint density at radius 2 is 1.82 bits per heavy atom. The molecule has 0 radical (unpaired) electrons. The van der Waals surface area contributed by atoms with Crippen molar-refractivity contribution in [3.63, 3.8) is 0 Å². The number of nitrogens with zero attached hydrogens (tertiary/aromatic N) is 1. The van der Waals surface area contributed by atoms with Crippen molar-refractivity contribution in [1.29, 1.82) is 0 Å². The number of fused-ring (bicyclic) bond motifs is 1. The molecule has 0 aromatic heterocycles. The van der Waals surface area contributed by atoms with E-state index in [0.717, 1.165) is 25.3 Å². The molecule has 1 aliphatic carbocycles. The molecule has 4 nitrogen and oxygen atoms in total. The van der Waals surface area contributed by atoms with Crippen molar-refractivity contribution in [3.05, 3.63) is 0 Å². The van der Waals surface area contributed by atoms with E-state index in [1.807, 2.05) is 20.8 Å². The Labute approximate surface area is 135 Å². The molecule has 2 aliphatic rings. The van der Waals surface area contributed by atoms with Crippen molar-refractivity contribution < 1.29 is 9.59 Å². The molecule has 1 saturated carbocycles. The summed E-state index contributed by atoms with van der Waals surface area (Å²) in [6.07, 6.45) is 6.56. The fraction of sp³-hybridized carbons (Fsp3) is 0.889. The van der Waals surface area contributed by atoms with Crippen LogP contribution in [-0.2, 0) is 9.59 Å². The van der Waals surface area contributed by atoms with Gasteiger partial charge in [0.2, 0.25) is 11.8 Å².